The maximum atomic E-state index is 12.9. The maximum Gasteiger partial charge on any atom is 0.270 e. The van der Waals surface area contributed by atoms with Crippen LogP contribution in [0.4, 0.5) is 0 Å². The fraction of sp³-hybridized carbons (Fsp3) is 0.240. The molecule has 6 nitrogen and oxygen atoms in total. The Morgan fingerprint density at radius 1 is 1.03 bits per heavy atom. The predicted octanol–water partition coefficient (Wildman–Crippen LogP) is 4.28. The number of carbonyl (C=O) groups is 1. The minimum atomic E-state index is -0.106. The zero-order valence-corrected chi connectivity index (χ0v) is 17.4. The normalized spacial score (nSPS) is 14.6. The number of hydrogen-bond donors (Lipinski definition) is 1. The number of benzene rings is 1. The molecule has 6 heteroatoms. The SMILES string of the molecule is Cc1cccc(-c2ccccc2-c2ccc3ncc(C(=O)NC4CCOCC4)n3c2)n1. The van der Waals surface area contributed by atoms with E-state index in [1.165, 1.54) is 0 Å². The minimum absolute atomic E-state index is 0.106. The molecule has 1 amide bonds. The van der Waals surface area contributed by atoms with Crippen molar-refractivity contribution < 1.29 is 9.53 Å². The summed E-state index contributed by atoms with van der Waals surface area (Å²) in [5.41, 5.74) is 6.31. The minimum Gasteiger partial charge on any atom is -0.381 e. The predicted molar refractivity (Wildman–Crippen MR) is 120 cm³/mol. The number of rotatable bonds is 4. The zero-order valence-electron chi connectivity index (χ0n) is 17.4. The van der Waals surface area contributed by atoms with Crippen molar-refractivity contribution in [1.29, 1.82) is 0 Å². The number of ether oxygens (including phenoxy) is 1. The zero-order chi connectivity index (χ0) is 21.2. The molecule has 0 saturated carbocycles. The van der Waals surface area contributed by atoms with E-state index >= 15 is 0 Å². The number of aromatic nitrogens is 3. The van der Waals surface area contributed by atoms with Crippen LogP contribution in [-0.2, 0) is 4.74 Å². The Kier molecular flexibility index (Phi) is 5.22. The Bertz CT molecular complexity index is 1240. The third-order valence-corrected chi connectivity index (χ3v) is 5.70. The quantitative estimate of drug-likeness (QED) is 0.543. The van der Waals surface area contributed by atoms with E-state index < -0.39 is 0 Å². The average Bonchev–Trinajstić information content (AvgIpc) is 3.23. The summed E-state index contributed by atoms with van der Waals surface area (Å²) < 4.78 is 7.25. The molecule has 1 saturated heterocycles. The molecule has 1 fully saturated rings. The van der Waals surface area contributed by atoms with Gasteiger partial charge in [-0.1, -0.05) is 30.3 Å². The van der Waals surface area contributed by atoms with Gasteiger partial charge in [-0.05, 0) is 55.2 Å². The van der Waals surface area contributed by atoms with Gasteiger partial charge in [0.1, 0.15) is 11.3 Å². The lowest BCUT2D eigenvalue weighted by molar-refractivity contribution is 0.0694. The molecule has 31 heavy (non-hydrogen) atoms. The first-order valence-corrected chi connectivity index (χ1v) is 10.6. The molecule has 1 aromatic carbocycles. The van der Waals surface area contributed by atoms with Crippen LogP contribution in [0.2, 0.25) is 0 Å². The number of amides is 1. The van der Waals surface area contributed by atoms with Crippen LogP contribution in [-0.4, -0.2) is 39.5 Å². The van der Waals surface area contributed by atoms with Crippen molar-refractivity contribution in [3.63, 3.8) is 0 Å². The van der Waals surface area contributed by atoms with Gasteiger partial charge in [-0.2, -0.15) is 0 Å². The molecule has 5 rings (SSSR count). The third kappa shape index (κ3) is 3.94. The van der Waals surface area contributed by atoms with Crippen LogP contribution in [0.15, 0.2) is 67.0 Å². The van der Waals surface area contributed by atoms with Crippen molar-refractivity contribution in [1.82, 2.24) is 19.7 Å². The van der Waals surface area contributed by atoms with Gasteiger partial charge in [-0.25, -0.2) is 4.98 Å². The van der Waals surface area contributed by atoms with Gasteiger partial charge in [0.15, 0.2) is 0 Å². The van der Waals surface area contributed by atoms with E-state index in [9.17, 15) is 4.79 Å². The lowest BCUT2D eigenvalue weighted by Gasteiger charge is -2.22. The summed E-state index contributed by atoms with van der Waals surface area (Å²) in [6.07, 6.45) is 5.30. The van der Waals surface area contributed by atoms with Gasteiger partial charge in [-0.3, -0.25) is 14.2 Å². The third-order valence-electron chi connectivity index (χ3n) is 5.70. The van der Waals surface area contributed by atoms with Gasteiger partial charge < -0.3 is 10.1 Å². The Morgan fingerprint density at radius 2 is 1.84 bits per heavy atom. The number of pyridine rings is 2. The Morgan fingerprint density at radius 3 is 2.65 bits per heavy atom. The molecule has 1 N–H and O–H groups in total. The van der Waals surface area contributed by atoms with Crippen LogP contribution in [0.1, 0.15) is 29.0 Å². The van der Waals surface area contributed by atoms with Crippen LogP contribution >= 0.6 is 0 Å². The fourth-order valence-corrected chi connectivity index (χ4v) is 4.06. The van der Waals surface area contributed by atoms with Crippen molar-refractivity contribution in [3.05, 3.63) is 78.4 Å². The summed E-state index contributed by atoms with van der Waals surface area (Å²) >= 11 is 0. The van der Waals surface area contributed by atoms with Gasteiger partial charge in [0.25, 0.3) is 5.91 Å². The van der Waals surface area contributed by atoms with Gasteiger partial charge >= 0.3 is 0 Å². The number of fused-ring (bicyclic) bond motifs is 1. The number of imidazole rings is 1. The van der Waals surface area contributed by atoms with Gasteiger partial charge in [0.05, 0.1) is 11.9 Å². The van der Waals surface area contributed by atoms with E-state index in [2.05, 4.69) is 22.4 Å². The first-order chi connectivity index (χ1) is 15.2. The highest BCUT2D eigenvalue weighted by Gasteiger charge is 2.20. The molecule has 0 atom stereocenters. The van der Waals surface area contributed by atoms with Crippen LogP contribution in [0.25, 0.3) is 28.0 Å². The lowest BCUT2D eigenvalue weighted by atomic mass is 9.98. The highest BCUT2D eigenvalue weighted by molar-refractivity contribution is 5.94. The number of nitrogens with one attached hydrogen (secondary N) is 1. The van der Waals surface area contributed by atoms with Crippen molar-refractivity contribution in [2.75, 3.05) is 13.2 Å². The van der Waals surface area contributed by atoms with E-state index in [0.29, 0.717) is 18.9 Å². The molecule has 156 valence electrons. The van der Waals surface area contributed by atoms with Crippen molar-refractivity contribution in [2.45, 2.75) is 25.8 Å². The number of hydrogen-bond acceptors (Lipinski definition) is 4. The molecule has 0 bridgehead atoms. The average molecular weight is 412 g/mol. The van der Waals surface area contributed by atoms with E-state index in [-0.39, 0.29) is 11.9 Å². The van der Waals surface area contributed by atoms with Crippen LogP contribution in [0.3, 0.4) is 0 Å². The molecule has 1 aliphatic heterocycles. The maximum absolute atomic E-state index is 12.9. The molecule has 4 heterocycles. The molecular weight excluding hydrogens is 388 g/mol. The second kappa shape index (κ2) is 8.32. The van der Waals surface area contributed by atoms with Gasteiger partial charge in [-0.15, -0.1) is 0 Å². The Labute approximate surface area is 180 Å². The summed E-state index contributed by atoms with van der Waals surface area (Å²) in [4.78, 5) is 22.1. The van der Waals surface area contributed by atoms with Crippen molar-refractivity contribution in [3.8, 4) is 22.4 Å². The number of carbonyl (C=O) groups excluding carboxylic acids is 1. The largest absolute Gasteiger partial charge is 0.381 e. The van der Waals surface area contributed by atoms with Gasteiger partial charge in [0, 0.05) is 36.7 Å². The topological polar surface area (TPSA) is 68.5 Å². The smallest absolute Gasteiger partial charge is 0.270 e. The summed E-state index contributed by atoms with van der Waals surface area (Å²) in [6.45, 7) is 3.37. The molecule has 0 unspecified atom stereocenters. The molecule has 4 aromatic rings. The highest BCUT2D eigenvalue weighted by atomic mass is 16.5. The van der Waals surface area contributed by atoms with Crippen LogP contribution in [0, 0.1) is 6.92 Å². The summed E-state index contributed by atoms with van der Waals surface area (Å²) in [5, 5.41) is 3.13. The van der Waals surface area contributed by atoms with E-state index in [1.54, 1.807) is 6.20 Å². The summed E-state index contributed by atoms with van der Waals surface area (Å²) in [6, 6.07) is 18.4. The second-order valence-electron chi connectivity index (χ2n) is 7.86. The van der Waals surface area contributed by atoms with Crippen molar-refractivity contribution >= 4 is 11.6 Å². The van der Waals surface area contributed by atoms with E-state index in [1.807, 2.05) is 60.0 Å². The van der Waals surface area contributed by atoms with E-state index in [0.717, 1.165) is 46.6 Å². The number of nitrogens with zero attached hydrogens (tertiary/aromatic N) is 3. The fourth-order valence-electron chi connectivity index (χ4n) is 4.06. The second-order valence-corrected chi connectivity index (χ2v) is 7.86. The Hall–Kier alpha value is -3.51. The lowest BCUT2D eigenvalue weighted by Crippen LogP contribution is -2.39. The molecule has 0 spiro atoms. The molecule has 1 aliphatic rings. The first-order valence-electron chi connectivity index (χ1n) is 10.6. The monoisotopic (exact) mass is 412 g/mol. The van der Waals surface area contributed by atoms with Crippen LogP contribution in [0.5, 0.6) is 0 Å². The summed E-state index contributed by atoms with van der Waals surface area (Å²) in [7, 11) is 0. The van der Waals surface area contributed by atoms with Gasteiger partial charge in [0.2, 0.25) is 0 Å². The summed E-state index contributed by atoms with van der Waals surface area (Å²) in [5.74, 6) is -0.106. The highest BCUT2D eigenvalue weighted by Crippen LogP contribution is 2.31. The molecule has 0 aliphatic carbocycles. The molecular formula is C25H24N4O2. The first kappa shape index (κ1) is 19.5. The molecule has 0 radical (unpaired) electrons. The molecule has 3 aromatic heterocycles. The van der Waals surface area contributed by atoms with E-state index in [4.69, 9.17) is 9.72 Å². The number of aryl methyl sites for hydroxylation is 1. The Balaban J connectivity index is 1.52. The standard InChI is InChI=1S/C25H24N4O2/c1-17-5-4-8-22(27-17)21-7-3-2-6-20(21)18-9-10-24-26-15-23(29(24)16-18)25(30)28-19-11-13-31-14-12-19/h2-10,15-16,19H,11-14H2,1H3,(H,28,30). The van der Waals surface area contributed by atoms with Crippen LogP contribution < -0.4 is 5.32 Å². The van der Waals surface area contributed by atoms with Crippen molar-refractivity contribution in [2.24, 2.45) is 0 Å².